The zero-order valence-corrected chi connectivity index (χ0v) is 19.3. The minimum atomic E-state index is -0.00183. The van der Waals surface area contributed by atoms with Crippen molar-refractivity contribution in [3.63, 3.8) is 0 Å². The Hall–Kier alpha value is -0.830. The van der Waals surface area contributed by atoms with Gasteiger partial charge in [-0.15, -0.1) is 0 Å². The molecule has 3 nitrogen and oxygen atoms in total. The van der Waals surface area contributed by atoms with E-state index in [0.717, 1.165) is 24.2 Å². The SMILES string of the molecule is CCOC(=O)CC[C@@H](C)[C@@]12CCCC1C1CC=C3CC(NC)CCC3(C)C1CC2. The maximum atomic E-state index is 12.0. The van der Waals surface area contributed by atoms with Gasteiger partial charge in [-0.1, -0.05) is 31.9 Å². The van der Waals surface area contributed by atoms with Crippen molar-refractivity contribution in [3.8, 4) is 0 Å². The lowest BCUT2D eigenvalue weighted by molar-refractivity contribution is -0.144. The van der Waals surface area contributed by atoms with Crippen molar-refractivity contribution in [1.29, 1.82) is 0 Å². The minimum absolute atomic E-state index is 0.00183. The molecule has 7 atom stereocenters. The molecule has 29 heavy (non-hydrogen) atoms. The number of allylic oxidation sites excluding steroid dienone is 1. The Morgan fingerprint density at radius 3 is 2.83 bits per heavy atom. The van der Waals surface area contributed by atoms with E-state index in [1.165, 1.54) is 57.8 Å². The summed E-state index contributed by atoms with van der Waals surface area (Å²) < 4.78 is 5.21. The number of fused-ring (bicyclic) bond motifs is 5. The number of hydrogen-bond donors (Lipinski definition) is 1. The molecule has 0 spiro atoms. The maximum Gasteiger partial charge on any atom is 0.305 e. The van der Waals surface area contributed by atoms with Crippen molar-refractivity contribution in [1.82, 2.24) is 5.32 Å². The highest BCUT2D eigenvalue weighted by Crippen LogP contribution is 2.67. The van der Waals surface area contributed by atoms with Gasteiger partial charge in [0.15, 0.2) is 0 Å². The molecule has 4 aliphatic carbocycles. The molecular weight excluding hydrogens is 358 g/mol. The first-order valence-corrected chi connectivity index (χ1v) is 12.5. The number of hydrogen-bond acceptors (Lipinski definition) is 3. The summed E-state index contributed by atoms with van der Waals surface area (Å²) in [5.74, 6) is 3.26. The smallest absolute Gasteiger partial charge is 0.305 e. The van der Waals surface area contributed by atoms with Crippen LogP contribution >= 0.6 is 0 Å². The van der Waals surface area contributed by atoms with Gasteiger partial charge in [-0.3, -0.25) is 4.79 Å². The second-order valence-electron chi connectivity index (χ2n) is 10.9. The van der Waals surface area contributed by atoms with Crippen LogP contribution in [0.4, 0.5) is 0 Å². The van der Waals surface area contributed by atoms with E-state index in [4.69, 9.17) is 4.74 Å². The predicted octanol–water partition coefficient (Wildman–Crippen LogP) is 5.89. The normalized spacial score (nSPS) is 42.3. The van der Waals surface area contributed by atoms with E-state index >= 15 is 0 Å². The fraction of sp³-hybridized carbons (Fsp3) is 0.885. The van der Waals surface area contributed by atoms with Crippen molar-refractivity contribution in [2.75, 3.05) is 13.7 Å². The van der Waals surface area contributed by atoms with Gasteiger partial charge in [-0.25, -0.2) is 0 Å². The van der Waals surface area contributed by atoms with Gasteiger partial charge in [-0.2, -0.15) is 0 Å². The molecule has 0 aromatic rings. The second-order valence-corrected chi connectivity index (χ2v) is 10.9. The van der Waals surface area contributed by atoms with Crippen LogP contribution in [0.2, 0.25) is 0 Å². The van der Waals surface area contributed by atoms with Gasteiger partial charge in [0.25, 0.3) is 0 Å². The average molecular weight is 402 g/mol. The van der Waals surface area contributed by atoms with Gasteiger partial charge in [0.1, 0.15) is 0 Å². The standard InChI is InChI=1S/C26H43NO2/c1-5-29-24(28)11-8-18(2)26-14-6-7-23(26)21-10-9-19-17-20(27-4)12-15-25(19,3)22(21)13-16-26/h9,18,20-23,27H,5-8,10-17H2,1-4H3/t18-,20?,21?,22?,23?,25?,26+/m1/s1. The molecule has 0 heterocycles. The molecule has 4 aliphatic rings. The molecule has 3 saturated carbocycles. The molecule has 3 fully saturated rings. The molecule has 0 radical (unpaired) electrons. The lowest BCUT2D eigenvalue weighted by Gasteiger charge is -2.59. The summed E-state index contributed by atoms with van der Waals surface area (Å²) >= 11 is 0. The third-order valence-electron chi connectivity index (χ3n) is 9.99. The molecule has 0 saturated heterocycles. The average Bonchev–Trinajstić information content (AvgIpc) is 3.17. The molecule has 3 heteroatoms. The van der Waals surface area contributed by atoms with Gasteiger partial charge < -0.3 is 10.1 Å². The number of rotatable bonds is 6. The van der Waals surface area contributed by atoms with Crippen LogP contribution in [0.1, 0.15) is 91.4 Å². The van der Waals surface area contributed by atoms with E-state index in [9.17, 15) is 4.79 Å². The van der Waals surface area contributed by atoms with Crippen LogP contribution in [0.25, 0.3) is 0 Å². The molecule has 164 valence electrons. The second kappa shape index (κ2) is 8.36. The van der Waals surface area contributed by atoms with Crippen LogP contribution in [0.5, 0.6) is 0 Å². The summed E-state index contributed by atoms with van der Waals surface area (Å²) in [7, 11) is 2.13. The minimum Gasteiger partial charge on any atom is -0.466 e. The van der Waals surface area contributed by atoms with Gasteiger partial charge in [0, 0.05) is 12.5 Å². The van der Waals surface area contributed by atoms with Crippen molar-refractivity contribution in [3.05, 3.63) is 11.6 Å². The van der Waals surface area contributed by atoms with Gasteiger partial charge >= 0.3 is 5.97 Å². The predicted molar refractivity (Wildman–Crippen MR) is 119 cm³/mol. The van der Waals surface area contributed by atoms with Gasteiger partial charge in [-0.05, 0) is 106 Å². The summed E-state index contributed by atoms with van der Waals surface area (Å²) in [5.41, 5.74) is 2.70. The fourth-order valence-corrected chi connectivity index (χ4v) is 8.33. The molecule has 0 aromatic carbocycles. The highest BCUT2D eigenvalue weighted by molar-refractivity contribution is 5.69. The molecule has 1 N–H and O–H groups in total. The third-order valence-corrected chi connectivity index (χ3v) is 9.99. The zero-order valence-electron chi connectivity index (χ0n) is 19.3. The zero-order chi connectivity index (χ0) is 20.6. The summed E-state index contributed by atoms with van der Waals surface area (Å²) in [4.78, 5) is 12.0. The summed E-state index contributed by atoms with van der Waals surface area (Å²) in [6.45, 7) is 7.46. The quantitative estimate of drug-likeness (QED) is 0.446. The van der Waals surface area contributed by atoms with Gasteiger partial charge in [0.05, 0.1) is 6.61 Å². The molecule has 4 rings (SSSR count). The summed E-state index contributed by atoms with van der Waals surface area (Å²) in [6, 6.07) is 0.683. The largest absolute Gasteiger partial charge is 0.466 e. The lowest BCUT2D eigenvalue weighted by Crippen LogP contribution is -2.52. The van der Waals surface area contributed by atoms with E-state index < -0.39 is 0 Å². The Bertz CT molecular complexity index is 643. The summed E-state index contributed by atoms with van der Waals surface area (Å²) in [6.07, 6.45) is 16.6. The van der Waals surface area contributed by atoms with Crippen molar-refractivity contribution in [2.45, 2.75) is 97.4 Å². The highest BCUT2D eigenvalue weighted by Gasteiger charge is 2.58. The Morgan fingerprint density at radius 1 is 1.24 bits per heavy atom. The van der Waals surface area contributed by atoms with Crippen LogP contribution in [0.15, 0.2) is 11.6 Å². The first-order chi connectivity index (χ1) is 13.9. The topological polar surface area (TPSA) is 38.3 Å². The van der Waals surface area contributed by atoms with Crippen molar-refractivity contribution in [2.24, 2.45) is 34.5 Å². The van der Waals surface area contributed by atoms with E-state index in [2.05, 4.69) is 32.3 Å². The van der Waals surface area contributed by atoms with E-state index in [1.807, 2.05) is 6.92 Å². The van der Waals surface area contributed by atoms with Crippen LogP contribution in [0.3, 0.4) is 0 Å². The molecule has 0 aliphatic heterocycles. The van der Waals surface area contributed by atoms with Crippen LogP contribution in [-0.2, 0) is 9.53 Å². The summed E-state index contributed by atoms with van der Waals surface area (Å²) in [5, 5.41) is 3.54. The lowest BCUT2D eigenvalue weighted by atomic mass is 9.46. The van der Waals surface area contributed by atoms with Crippen molar-refractivity contribution >= 4 is 5.97 Å². The molecule has 0 bridgehead atoms. The van der Waals surface area contributed by atoms with Gasteiger partial charge in [0.2, 0.25) is 0 Å². The number of ether oxygens (including phenoxy) is 1. The highest BCUT2D eigenvalue weighted by atomic mass is 16.5. The maximum absolute atomic E-state index is 12.0. The number of nitrogens with one attached hydrogen (secondary N) is 1. The number of carbonyl (C=O) groups is 1. The van der Waals surface area contributed by atoms with Crippen molar-refractivity contribution < 1.29 is 9.53 Å². The number of carbonyl (C=O) groups excluding carboxylic acids is 1. The van der Waals surface area contributed by atoms with Crippen LogP contribution in [0, 0.1) is 34.5 Å². The Labute approximate surface area is 178 Å². The van der Waals surface area contributed by atoms with E-state index in [0.29, 0.717) is 35.8 Å². The van der Waals surface area contributed by atoms with Crippen LogP contribution in [-0.4, -0.2) is 25.7 Å². The molecule has 0 aromatic heterocycles. The van der Waals surface area contributed by atoms with E-state index in [-0.39, 0.29) is 5.97 Å². The molecular formula is C26H43NO2. The Balaban J connectivity index is 1.51. The molecule has 5 unspecified atom stereocenters. The Kier molecular flexibility index (Phi) is 6.17. The third kappa shape index (κ3) is 3.60. The van der Waals surface area contributed by atoms with E-state index in [1.54, 1.807) is 5.57 Å². The molecule has 0 amide bonds. The monoisotopic (exact) mass is 401 g/mol. The van der Waals surface area contributed by atoms with Crippen LogP contribution < -0.4 is 5.32 Å². The first-order valence-electron chi connectivity index (χ1n) is 12.5. The first kappa shape index (κ1) is 21.4. The number of esters is 1. The fourth-order valence-electron chi connectivity index (χ4n) is 8.33. The Morgan fingerprint density at radius 2 is 2.07 bits per heavy atom.